The van der Waals surface area contributed by atoms with Gasteiger partial charge < -0.3 is 9.13 Å². The predicted octanol–water partition coefficient (Wildman–Crippen LogP) is 12.3. The quantitative estimate of drug-likeness (QED) is 0.153. The Bertz CT molecular complexity index is 3770. The van der Waals surface area contributed by atoms with Gasteiger partial charge in [-0.1, -0.05) is 66.7 Å². The van der Waals surface area contributed by atoms with Crippen molar-refractivity contribution in [2.24, 2.45) is 0 Å². The van der Waals surface area contributed by atoms with Gasteiger partial charge in [0.1, 0.15) is 11.6 Å². The molecule has 12 rings (SSSR count). The van der Waals surface area contributed by atoms with E-state index in [1.807, 2.05) is 81.9 Å². The van der Waals surface area contributed by atoms with Crippen LogP contribution < -0.4 is 0 Å². The molecule has 0 N–H and O–H groups in total. The zero-order valence-electron chi connectivity index (χ0n) is 35.4. The van der Waals surface area contributed by atoms with Gasteiger partial charge in [0.25, 0.3) is 0 Å². The molecule has 11 nitrogen and oxygen atoms in total. The summed E-state index contributed by atoms with van der Waals surface area (Å²) in [6.07, 6.45) is 8.71. The van der Waals surface area contributed by atoms with Gasteiger partial charge in [-0.15, -0.1) is 0 Å². The van der Waals surface area contributed by atoms with Gasteiger partial charge >= 0.3 is 6.18 Å². The van der Waals surface area contributed by atoms with Crippen molar-refractivity contribution in [2.75, 3.05) is 0 Å². The lowest BCUT2D eigenvalue weighted by molar-refractivity contribution is -0.137. The third-order valence-electron chi connectivity index (χ3n) is 12.1. The first kappa shape index (κ1) is 40.1. The maximum Gasteiger partial charge on any atom is 0.416 e. The largest absolute Gasteiger partial charge is 0.416 e. The molecular weight excluding hydrogens is 860 g/mol. The van der Waals surface area contributed by atoms with Gasteiger partial charge in [-0.2, -0.15) is 18.4 Å². The third-order valence-corrected chi connectivity index (χ3v) is 12.1. The summed E-state index contributed by atoms with van der Waals surface area (Å²) >= 11 is 0. The highest BCUT2D eigenvalue weighted by Crippen LogP contribution is 2.45. The first-order valence-corrected chi connectivity index (χ1v) is 21.3. The van der Waals surface area contributed by atoms with E-state index in [1.54, 1.807) is 92.0 Å². The average Bonchev–Trinajstić information content (AvgIpc) is 3.89. The normalized spacial score (nSPS) is 11.7. The van der Waals surface area contributed by atoms with Crippen molar-refractivity contribution in [3.05, 3.63) is 194 Å². The van der Waals surface area contributed by atoms with Crippen LogP contribution in [0.2, 0.25) is 0 Å². The monoisotopic (exact) mass is 889 g/mol. The standard InChI is InChI=1S/C54H30F3N11/c55-54(56,57)37-7-1-6-32(26-37)38-16-17-44(67-45-27-33(50-59-18-2-19-60-50)8-12-39(45)40-13-9-34(28-46(40)67)51-61-20-3-21-62-51)43(31-58)49(38)68-47-29-35(52-63-22-4-23-64-52)10-14-41(47)42-15-11-36(30-48(42)68)53-65-24-5-25-66-53/h1-30H. The summed E-state index contributed by atoms with van der Waals surface area (Å²) in [6, 6.07) is 42.0. The van der Waals surface area contributed by atoms with Crippen molar-refractivity contribution in [3.63, 3.8) is 0 Å². The Morgan fingerprint density at radius 1 is 0.397 bits per heavy atom. The molecule has 322 valence electrons. The molecule has 0 atom stereocenters. The maximum atomic E-state index is 14.6. The maximum absolute atomic E-state index is 14.6. The molecule has 0 radical (unpaired) electrons. The van der Waals surface area contributed by atoms with Crippen LogP contribution in [-0.4, -0.2) is 49.0 Å². The van der Waals surface area contributed by atoms with E-state index in [0.717, 1.165) is 55.8 Å². The van der Waals surface area contributed by atoms with Crippen molar-refractivity contribution in [2.45, 2.75) is 6.18 Å². The van der Waals surface area contributed by atoms with Crippen LogP contribution in [0.3, 0.4) is 0 Å². The number of hydrogen-bond donors (Lipinski definition) is 0. The van der Waals surface area contributed by atoms with Crippen LogP contribution in [0.5, 0.6) is 0 Å². The van der Waals surface area contributed by atoms with Crippen LogP contribution >= 0.6 is 0 Å². The SMILES string of the molecule is N#Cc1c(-n2c3cc(-c4ncccn4)ccc3c3ccc(-c4ncccn4)cc32)ccc(-c2cccc(C(F)(F)F)c2)c1-n1c2cc(-c3ncccn3)ccc2c2ccc(-c3ncccn3)cc21. The summed E-state index contributed by atoms with van der Waals surface area (Å²) in [5, 5.41) is 15.2. The number of nitrogens with zero attached hydrogens (tertiary/aromatic N) is 11. The molecule has 0 aliphatic rings. The molecule has 6 heterocycles. The fraction of sp³-hybridized carbons (Fsp3) is 0.0185. The minimum Gasteiger partial charge on any atom is -0.308 e. The molecule has 0 spiro atoms. The highest BCUT2D eigenvalue weighted by atomic mass is 19.4. The summed E-state index contributed by atoms with van der Waals surface area (Å²) in [7, 11) is 0. The van der Waals surface area contributed by atoms with E-state index in [1.165, 1.54) is 6.07 Å². The predicted molar refractivity (Wildman–Crippen MR) is 254 cm³/mol. The van der Waals surface area contributed by atoms with Crippen LogP contribution in [0.1, 0.15) is 11.1 Å². The van der Waals surface area contributed by atoms with Gasteiger partial charge in [-0.25, -0.2) is 39.9 Å². The fourth-order valence-electron chi connectivity index (χ4n) is 9.09. The van der Waals surface area contributed by atoms with Crippen molar-refractivity contribution >= 4 is 43.6 Å². The summed E-state index contributed by atoms with van der Waals surface area (Å²) in [4.78, 5) is 36.3. The van der Waals surface area contributed by atoms with E-state index in [0.29, 0.717) is 62.4 Å². The van der Waals surface area contributed by atoms with Crippen LogP contribution in [0.4, 0.5) is 13.2 Å². The number of aromatic nitrogens is 10. The van der Waals surface area contributed by atoms with Gasteiger partial charge in [0.05, 0.1) is 39.0 Å². The van der Waals surface area contributed by atoms with Crippen molar-refractivity contribution in [1.82, 2.24) is 49.0 Å². The van der Waals surface area contributed by atoms with E-state index in [2.05, 4.69) is 45.9 Å². The summed E-state index contributed by atoms with van der Waals surface area (Å²) in [5.41, 5.74) is 6.46. The van der Waals surface area contributed by atoms with Crippen LogP contribution in [-0.2, 0) is 6.18 Å². The zero-order valence-corrected chi connectivity index (χ0v) is 35.4. The lowest BCUT2D eigenvalue weighted by Crippen LogP contribution is -2.08. The summed E-state index contributed by atoms with van der Waals surface area (Å²) < 4.78 is 47.7. The number of rotatable bonds is 7. The molecule has 0 saturated heterocycles. The Balaban J connectivity index is 1.24. The second-order valence-corrected chi connectivity index (χ2v) is 15.9. The fourth-order valence-corrected chi connectivity index (χ4v) is 9.09. The van der Waals surface area contributed by atoms with Crippen molar-refractivity contribution in [1.29, 1.82) is 5.26 Å². The molecule has 0 fully saturated rings. The minimum absolute atomic E-state index is 0.183. The molecule has 14 heteroatoms. The Morgan fingerprint density at radius 2 is 0.779 bits per heavy atom. The van der Waals surface area contributed by atoms with Crippen LogP contribution in [0.15, 0.2) is 183 Å². The van der Waals surface area contributed by atoms with Crippen LogP contribution in [0, 0.1) is 11.3 Å². The van der Waals surface area contributed by atoms with E-state index >= 15 is 0 Å². The molecular formula is C54H30F3N11. The molecule has 12 aromatic rings. The zero-order chi connectivity index (χ0) is 45.9. The van der Waals surface area contributed by atoms with Crippen molar-refractivity contribution < 1.29 is 13.2 Å². The van der Waals surface area contributed by atoms with Gasteiger partial charge in [0.15, 0.2) is 23.3 Å². The summed E-state index contributed by atoms with van der Waals surface area (Å²) in [5.74, 6) is 1.96. The van der Waals surface area contributed by atoms with E-state index in [-0.39, 0.29) is 11.1 Å². The Kier molecular flexibility index (Phi) is 9.36. The topological polar surface area (TPSA) is 137 Å². The van der Waals surface area contributed by atoms with Crippen LogP contribution in [0.25, 0.3) is 112 Å². The third kappa shape index (κ3) is 6.68. The van der Waals surface area contributed by atoms with E-state index < -0.39 is 11.7 Å². The van der Waals surface area contributed by atoms with Gasteiger partial charge in [-0.05, 0) is 72.3 Å². The highest BCUT2D eigenvalue weighted by molar-refractivity contribution is 6.13. The summed E-state index contributed by atoms with van der Waals surface area (Å²) in [6.45, 7) is 0. The van der Waals surface area contributed by atoms with E-state index in [4.69, 9.17) is 0 Å². The molecule has 0 amide bonds. The van der Waals surface area contributed by atoms with Gasteiger partial charge in [0.2, 0.25) is 0 Å². The number of benzene rings is 6. The smallest absolute Gasteiger partial charge is 0.308 e. The van der Waals surface area contributed by atoms with Crippen molar-refractivity contribution in [3.8, 4) is 74.1 Å². The average molecular weight is 890 g/mol. The first-order chi connectivity index (χ1) is 33.3. The Morgan fingerprint density at radius 3 is 1.15 bits per heavy atom. The molecule has 0 aliphatic heterocycles. The molecule has 0 bridgehead atoms. The Hall–Kier alpha value is -9.48. The number of alkyl halides is 3. The lowest BCUT2D eigenvalue weighted by atomic mass is 9.96. The molecule has 6 aromatic heterocycles. The van der Waals surface area contributed by atoms with Gasteiger partial charge in [0, 0.05) is 98.9 Å². The van der Waals surface area contributed by atoms with Gasteiger partial charge in [-0.3, -0.25) is 0 Å². The molecule has 68 heavy (non-hydrogen) atoms. The van der Waals surface area contributed by atoms with E-state index in [9.17, 15) is 18.4 Å². The molecule has 6 aromatic carbocycles. The number of nitriles is 1. The highest BCUT2D eigenvalue weighted by Gasteiger charge is 2.32. The second-order valence-electron chi connectivity index (χ2n) is 15.9. The number of halogens is 3. The number of fused-ring (bicyclic) bond motifs is 6. The number of hydrogen-bond acceptors (Lipinski definition) is 9. The second kappa shape index (κ2) is 15.9. The molecule has 0 saturated carbocycles. The molecule has 0 aliphatic carbocycles. The lowest BCUT2D eigenvalue weighted by Gasteiger charge is -2.21. The first-order valence-electron chi connectivity index (χ1n) is 21.3. The minimum atomic E-state index is -4.64. The Labute approximate surface area is 384 Å². The molecule has 0 unspecified atom stereocenters.